The van der Waals surface area contributed by atoms with E-state index in [4.69, 9.17) is 63.4 Å². The first-order valence-corrected chi connectivity index (χ1v) is 43.2. The Balaban J connectivity index is 0.00000128. The highest BCUT2D eigenvalue weighted by Crippen LogP contribution is 2.40. The van der Waals surface area contributed by atoms with Crippen molar-refractivity contribution in [2.75, 3.05) is 92.2 Å². The molecule has 18 nitrogen and oxygen atoms in total. The molecule has 6 aromatic carbocycles. The molecular weight excluding hydrogens is 1560 g/mol. The number of morpholine rings is 2. The molecule has 8 N–H and O–H groups in total. The highest BCUT2D eigenvalue weighted by Gasteiger charge is 2.19. The number of Topliss-reactive ketones (excluding diaryl/α,β-unsaturated/α-hetero) is 1. The minimum Gasteiger partial charge on any atom is -0.504 e. The molecule has 20 heteroatoms. The lowest BCUT2D eigenvalue weighted by molar-refractivity contribution is -0.115. The summed E-state index contributed by atoms with van der Waals surface area (Å²) in [4.78, 5) is 11.6. The summed E-state index contributed by atoms with van der Waals surface area (Å²) < 4.78 is 46.0. The van der Waals surface area contributed by atoms with E-state index in [1.54, 1.807) is 65.8 Å². The zero-order valence-corrected chi connectivity index (χ0v) is 75.4. The summed E-state index contributed by atoms with van der Waals surface area (Å²) in [5.74, 6) is 5.52. The average Bonchev–Trinajstić information content (AvgIpc) is 0.817. The number of phenolic OH excluding ortho intramolecular Hbond substituents is 6. The van der Waals surface area contributed by atoms with Gasteiger partial charge in [0.15, 0.2) is 69.0 Å². The topological polar surface area (TPSA) is 248 Å². The largest absolute Gasteiger partial charge is 0.504 e. The Morgan fingerprint density at radius 1 is 0.451 bits per heavy atom. The fourth-order valence-corrected chi connectivity index (χ4v) is 11.0. The number of aromatic hydroxyl groups is 6. The van der Waals surface area contributed by atoms with Crippen molar-refractivity contribution in [1.82, 2.24) is 10.2 Å². The Morgan fingerprint density at radius 3 is 1.09 bits per heavy atom. The molecule has 9 rings (SSSR count). The first kappa shape index (κ1) is 106. The van der Waals surface area contributed by atoms with Crippen LogP contribution in [0.3, 0.4) is 0 Å². The molecule has 0 radical (unpaired) electrons. The smallest absolute Gasteiger partial charge is 0.168 e. The van der Waals surface area contributed by atoms with Crippen LogP contribution in [0, 0.1) is 48.5 Å². The number of nitrogens with one attached hydrogen (secondary N) is 1. The minimum absolute atomic E-state index is 0.00601. The maximum Gasteiger partial charge on any atom is 0.168 e. The van der Waals surface area contributed by atoms with Gasteiger partial charge in [-0.3, -0.25) is 4.90 Å². The van der Waals surface area contributed by atoms with Crippen LogP contribution in [0.5, 0.6) is 69.0 Å². The number of allylic oxidation sites excluding steroid dienone is 3. The fraction of sp³-hybridized carbons (Fsp3) is 0.559. The number of hydrogen-bond acceptors (Lipinski definition) is 18. The molecule has 0 spiro atoms. The van der Waals surface area contributed by atoms with Gasteiger partial charge in [0.1, 0.15) is 5.78 Å². The zero-order chi connectivity index (χ0) is 84.7. The highest BCUT2D eigenvalue weighted by molar-refractivity contribution is 9.08. The Bertz CT molecular complexity index is 3370. The molecule has 0 bridgehead atoms. The first-order chi connectivity index (χ1) is 54.2. The second kappa shape index (κ2) is 67.0. The Morgan fingerprint density at radius 2 is 0.770 bits per heavy atom. The van der Waals surface area contributed by atoms with Gasteiger partial charge in [-0.15, -0.1) is 0 Å². The van der Waals surface area contributed by atoms with E-state index in [9.17, 15) is 15.0 Å². The third-order valence-corrected chi connectivity index (χ3v) is 18.1. The van der Waals surface area contributed by atoms with Crippen molar-refractivity contribution in [2.24, 2.45) is 0 Å². The van der Waals surface area contributed by atoms with Gasteiger partial charge in [0, 0.05) is 71.7 Å². The number of phenols is 6. The van der Waals surface area contributed by atoms with E-state index in [2.05, 4.69) is 159 Å². The second-order valence-electron chi connectivity index (χ2n) is 28.1. The number of unbranched alkanes of at least 4 members (excludes halogenated alkanes) is 6. The zero-order valence-electron chi connectivity index (χ0n) is 72.2. The molecule has 638 valence electrons. The van der Waals surface area contributed by atoms with Crippen molar-refractivity contribution in [3.05, 3.63) is 158 Å². The summed E-state index contributed by atoms with van der Waals surface area (Å²) in [5.41, 5.74) is 10.4. The van der Waals surface area contributed by atoms with E-state index in [0.717, 1.165) is 253 Å². The molecule has 113 heavy (non-hydrogen) atoms. The van der Waals surface area contributed by atoms with Gasteiger partial charge in [0.05, 0.1) is 66.1 Å². The summed E-state index contributed by atoms with van der Waals surface area (Å²) in [5, 5.41) is 68.3. The van der Waals surface area contributed by atoms with Crippen LogP contribution >= 0.6 is 31.9 Å². The van der Waals surface area contributed by atoms with E-state index < -0.39 is 0 Å². The molecule has 0 atom stereocenters. The lowest BCUT2D eigenvalue weighted by atomic mass is 10.1. The first-order valence-electron chi connectivity index (χ1n) is 41.0. The number of aliphatic hydroxyl groups excluding tert-OH is 1. The molecule has 0 saturated carbocycles. The van der Waals surface area contributed by atoms with E-state index in [-0.39, 0.29) is 46.4 Å². The SMILES string of the molecule is C/C=C/c1ccc(C)c(OCCCC)c1OCCCC.C1=CCCCC1.C1COCCN1.CC(C)=O.CC(C)O.CCCCOc1c(C)ccc(C)c1OCCCC.CCCCOc1c(CBr)ccc(CBr)c1OCCCC.Cc1ccc(C)c(O)c1O.Cc1ccc(CN2CCOCC2)c(O)c1O.Cc1cccc(O)c1O. The van der Waals surface area contributed by atoms with Gasteiger partial charge in [-0.2, -0.15) is 0 Å². The van der Waals surface area contributed by atoms with E-state index in [1.165, 1.54) is 45.6 Å². The number of ether oxygens (including phenoxy) is 8. The molecule has 6 aromatic rings. The quantitative estimate of drug-likeness (QED) is 0.00941. The Hall–Kier alpha value is -7.17. The summed E-state index contributed by atoms with van der Waals surface area (Å²) in [6.07, 6.45) is 27.2. The highest BCUT2D eigenvalue weighted by atomic mass is 79.9. The molecule has 0 amide bonds. The van der Waals surface area contributed by atoms with Gasteiger partial charge in [-0.25, -0.2) is 0 Å². The van der Waals surface area contributed by atoms with Crippen LogP contribution in [0.2, 0.25) is 0 Å². The number of carbonyl (C=O) groups excluding carboxylic acids is 1. The number of alkyl halides is 2. The standard InChI is InChI=1S/C18H28O2.C16H24Br2O2.C16H26O2.C12H17NO3.C8H10O2.C7H8O2.C6H10.C4H9NO.C3H8O.C3H6O/c1-5-8-13-19-17-15(4)11-12-16(10-7-3)18(17)20-14-9-6-2;1-3-5-9-19-15-13(11-17)7-8-14(12-18)16(15)20-10-6-4-2;1-5-7-11-17-15-13(3)9-10-14(4)16(15)18-12-8-6-2;1-9-2-3-10(12(15)11(9)14)8-13-4-6-16-7-5-13;1-5-3-4-6(2)8(10)7(5)9;1-5-3-2-4-6(8)7(5)9;1-2-4-6-5-3-1;1-3-6-4-2-5-1;2*1-3(2)4/h7,10-12H,5-6,8-9,13-14H2,1-4H3;7-8H,3-6,9-12H2,1-2H3;9-10H,5-8,11-12H2,1-4H3;2-3,14-15H,4-8H2,1H3;3-4,9-10H,1-2H3;2-4,8-9H,1H3;1-2H,3-6H2;5H,1-4H2;3-4H,1-2H3;1-2H3/b10-7+;;;;;;;;;. The van der Waals surface area contributed by atoms with Crippen molar-refractivity contribution < 1.29 is 78.4 Å². The summed E-state index contributed by atoms with van der Waals surface area (Å²) in [6.45, 7) is 47.0. The van der Waals surface area contributed by atoms with Crippen LogP contribution in [0.1, 0.15) is 240 Å². The third kappa shape index (κ3) is 47.5. The van der Waals surface area contributed by atoms with Gasteiger partial charge in [-0.05, 0) is 192 Å². The number of ketones is 1. The van der Waals surface area contributed by atoms with E-state index in [1.807, 2.05) is 25.1 Å². The number of halogens is 2. The van der Waals surface area contributed by atoms with Crippen molar-refractivity contribution >= 4 is 43.7 Å². The van der Waals surface area contributed by atoms with Crippen LogP contribution in [-0.4, -0.2) is 145 Å². The number of benzene rings is 6. The van der Waals surface area contributed by atoms with Crippen molar-refractivity contribution in [2.45, 2.75) is 251 Å². The molecule has 1 aliphatic carbocycles. The third-order valence-electron chi connectivity index (χ3n) is 16.9. The predicted molar refractivity (Wildman–Crippen MR) is 475 cm³/mol. The number of para-hydroxylation sites is 1. The Labute approximate surface area is 698 Å². The molecule has 0 unspecified atom stereocenters. The summed E-state index contributed by atoms with van der Waals surface area (Å²) >= 11 is 7.07. The maximum atomic E-state index is 9.80. The van der Waals surface area contributed by atoms with Crippen molar-refractivity contribution in [3.8, 4) is 69.0 Å². The van der Waals surface area contributed by atoms with E-state index in [0.29, 0.717) is 28.8 Å². The monoisotopic (exact) mass is 1700 g/mol. The fourth-order valence-electron chi connectivity index (χ4n) is 10.1. The number of aryl methyl sites for hydroxylation is 7. The number of rotatable bonds is 29. The number of nitrogens with zero attached hydrogens (tertiary/aromatic N) is 1. The normalized spacial score (nSPS) is 12.5. The molecular formula is C93H146Br2N2O16. The molecule has 2 saturated heterocycles. The Kier molecular flexibility index (Phi) is 62.8. The van der Waals surface area contributed by atoms with Gasteiger partial charge in [-0.1, -0.05) is 209 Å². The molecule has 0 aromatic heterocycles. The molecule has 2 fully saturated rings. The van der Waals surface area contributed by atoms with Gasteiger partial charge in [0.2, 0.25) is 0 Å². The second-order valence-corrected chi connectivity index (χ2v) is 29.2. The van der Waals surface area contributed by atoms with Crippen LogP contribution in [0.4, 0.5) is 0 Å². The van der Waals surface area contributed by atoms with Crippen LogP contribution < -0.4 is 33.7 Å². The van der Waals surface area contributed by atoms with Crippen molar-refractivity contribution in [1.29, 1.82) is 0 Å². The molecule has 2 heterocycles. The average molecular weight is 1710 g/mol. The van der Waals surface area contributed by atoms with E-state index >= 15 is 0 Å². The maximum absolute atomic E-state index is 9.80. The minimum atomic E-state index is -0.167. The summed E-state index contributed by atoms with van der Waals surface area (Å²) in [6, 6.07) is 24.7. The van der Waals surface area contributed by atoms with Crippen molar-refractivity contribution in [3.63, 3.8) is 0 Å². The number of aliphatic hydroxyl groups is 1. The summed E-state index contributed by atoms with van der Waals surface area (Å²) in [7, 11) is 0. The molecule has 2 aliphatic heterocycles. The van der Waals surface area contributed by atoms with Crippen LogP contribution in [0.15, 0.2) is 97.1 Å². The number of hydrogen-bond donors (Lipinski definition) is 8. The van der Waals surface area contributed by atoms with Gasteiger partial charge < -0.3 is 83.8 Å². The molecule has 3 aliphatic rings. The van der Waals surface area contributed by atoms with Gasteiger partial charge >= 0.3 is 0 Å². The lowest BCUT2D eigenvalue weighted by Gasteiger charge is -2.26. The van der Waals surface area contributed by atoms with Crippen LogP contribution in [-0.2, 0) is 31.5 Å². The lowest BCUT2D eigenvalue weighted by Crippen LogP contribution is -2.35. The predicted octanol–water partition coefficient (Wildman–Crippen LogP) is 22.9. The van der Waals surface area contributed by atoms with Gasteiger partial charge in [0.25, 0.3) is 0 Å². The number of carbonyl (C=O) groups is 1. The van der Waals surface area contributed by atoms with Crippen LogP contribution in [0.25, 0.3) is 6.08 Å².